The lowest BCUT2D eigenvalue weighted by Crippen LogP contribution is -1.98. The van der Waals surface area contributed by atoms with Crippen LogP contribution in [0.4, 0.5) is 0 Å². The average Bonchev–Trinajstić information content (AvgIpc) is 1.49. The third-order valence-corrected chi connectivity index (χ3v) is 23.0. The second kappa shape index (κ2) is 28.8. The van der Waals surface area contributed by atoms with Crippen molar-refractivity contribution in [1.29, 1.82) is 10.5 Å². The van der Waals surface area contributed by atoms with E-state index in [1.807, 2.05) is 84.9 Å². The molecule has 6 heteroatoms. The maximum atomic E-state index is 9.64. The molecule has 2 aromatic heterocycles. The Bertz CT molecular complexity index is 7150. The number of hydrogen-bond donors (Lipinski definition) is 0. The van der Waals surface area contributed by atoms with Gasteiger partial charge in [-0.15, -0.1) is 0 Å². The Morgan fingerprint density at radius 3 is 0.741 bits per heavy atom. The molecule has 20 aromatic rings. The topological polar surface area (TPSA) is 99.1 Å². The molecule has 0 aliphatic heterocycles. The maximum Gasteiger partial charge on any atom is 0.160 e. The number of rotatable bonds is 12. The molecule has 0 bridgehead atoms. The number of fused-ring (bicyclic) bond motifs is 8. The molecule has 2 aliphatic rings. The van der Waals surface area contributed by atoms with Gasteiger partial charge in [0, 0.05) is 33.4 Å². The van der Waals surface area contributed by atoms with E-state index in [1.54, 1.807) is 0 Å². The lowest BCUT2D eigenvalue weighted by atomic mass is 9.83. The molecule has 0 saturated carbocycles. The summed E-state index contributed by atoms with van der Waals surface area (Å²) < 4.78 is 0. The van der Waals surface area contributed by atoms with Crippen LogP contribution in [0.2, 0.25) is 0 Å². The summed E-state index contributed by atoms with van der Waals surface area (Å²) in [7, 11) is 0. The SMILES string of the molecule is N#Cc1ccc(-c2ccc3c4c(ccc(-c5c6ccccc6c(-c6cc(-c7ccccc7)nc(-c7ccccc7)n6)c6ccccc56)c24)-c2ccccc2-3)cc1.N#Cc1ccc(-c2ccc3c4c(ccc(-c5ccc(-c6ccc(-c7ccc(-c8cc(-c9ccccc9)nc(-c9ccccc9)n8)cc7)cc6)cc5)c24)-c2ccccc2-3)cc1. The Morgan fingerprint density at radius 1 is 0.164 bits per heavy atom. The molecule has 0 unspecified atom stereocenters. The van der Waals surface area contributed by atoms with Crippen molar-refractivity contribution in [2.24, 2.45) is 0 Å². The Hall–Kier alpha value is -15.9. The second-order valence-electron chi connectivity index (χ2n) is 29.6. The highest BCUT2D eigenvalue weighted by Gasteiger charge is 2.29. The number of nitrogens with zero attached hydrogens (tertiary/aromatic N) is 6. The summed E-state index contributed by atoms with van der Waals surface area (Å²) in [6, 6.07) is 145. The minimum Gasteiger partial charge on any atom is -0.228 e. The van der Waals surface area contributed by atoms with E-state index in [9.17, 15) is 10.5 Å². The van der Waals surface area contributed by atoms with Crippen LogP contribution in [0.25, 0.3) is 222 Å². The summed E-state index contributed by atoms with van der Waals surface area (Å²) in [4.78, 5) is 20.4. The van der Waals surface area contributed by atoms with Crippen molar-refractivity contribution in [3.63, 3.8) is 0 Å². The van der Waals surface area contributed by atoms with Crippen LogP contribution in [0.5, 0.6) is 0 Å². The van der Waals surface area contributed by atoms with Crippen molar-refractivity contribution in [3.05, 3.63) is 412 Å². The molecule has 116 heavy (non-hydrogen) atoms. The third kappa shape index (κ3) is 12.0. The number of hydrogen-bond acceptors (Lipinski definition) is 6. The van der Waals surface area contributed by atoms with Crippen molar-refractivity contribution < 1.29 is 0 Å². The normalized spacial score (nSPS) is 11.4. The van der Waals surface area contributed by atoms with Gasteiger partial charge in [-0.3, -0.25) is 0 Å². The summed E-state index contributed by atoms with van der Waals surface area (Å²) in [6.45, 7) is 0. The van der Waals surface area contributed by atoms with Crippen LogP contribution in [-0.4, -0.2) is 19.9 Å². The standard InChI is InChI=1S/C57H35N3.C53H31N3/c58-36-37-15-17-42(18-16-37)47-31-33-51-49-13-7-8-14-50(49)52-34-32-48(55(47)56(51)52)43-27-23-40(24-28-43)38-19-21-39(22-20-38)41-25-29-45(30-26-41)54-35-53(44-9-3-1-4-10-44)59-57(60-54)46-11-5-2-6-12-46;54-32-33-23-25-34(26-24-33)37-27-28-44-38-17-7-8-18-39(38)45-29-30-46(51(37)52(44)45)49-40-19-9-11-21-42(40)50(43-22-12-10-20-41(43)49)48-31-47(35-13-3-1-4-14-35)55-53(56-48)36-15-5-2-6-16-36/h1-35H;1-31H. The minimum absolute atomic E-state index is 0.649. The lowest BCUT2D eigenvalue weighted by Gasteiger charge is -2.21. The predicted octanol–water partition coefficient (Wildman–Crippen LogP) is 28.6. The molecule has 0 N–H and O–H groups in total. The van der Waals surface area contributed by atoms with Crippen molar-refractivity contribution in [2.75, 3.05) is 0 Å². The minimum atomic E-state index is 0.649. The first kappa shape index (κ1) is 68.2. The Balaban J connectivity index is 0.000000145. The first-order chi connectivity index (χ1) is 57.4. The number of nitriles is 2. The first-order valence-corrected chi connectivity index (χ1v) is 39.1. The van der Waals surface area contributed by atoms with Gasteiger partial charge in [0.15, 0.2) is 11.6 Å². The zero-order valence-corrected chi connectivity index (χ0v) is 62.8. The van der Waals surface area contributed by atoms with E-state index in [4.69, 9.17) is 19.9 Å². The fourth-order valence-electron chi connectivity index (χ4n) is 17.5. The fourth-order valence-corrected chi connectivity index (χ4v) is 17.5. The molecule has 536 valence electrons. The van der Waals surface area contributed by atoms with E-state index in [1.165, 1.54) is 105 Å². The smallest absolute Gasteiger partial charge is 0.160 e. The highest BCUT2D eigenvalue weighted by atomic mass is 14.9. The molecule has 0 saturated heterocycles. The van der Waals surface area contributed by atoms with Crippen LogP contribution in [0, 0.1) is 22.7 Å². The van der Waals surface area contributed by atoms with Gasteiger partial charge in [-0.05, 0) is 191 Å². The van der Waals surface area contributed by atoms with E-state index in [0.717, 1.165) is 106 Å². The molecule has 2 heterocycles. The van der Waals surface area contributed by atoms with Gasteiger partial charge < -0.3 is 0 Å². The molecule has 0 amide bonds. The average molecular weight is 1470 g/mol. The zero-order chi connectivity index (χ0) is 77.2. The van der Waals surface area contributed by atoms with Gasteiger partial charge in [0.1, 0.15) is 0 Å². The Kier molecular flexibility index (Phi) is 16.9. The predicted molar refractivity (Wildman–Crippen MR) is 478 cm³/mol. The molecular formula is C110H66N6. The van der Waals surface area contributed by atoms with Crippen LogP contribution in [0.15, 0.2) is 400 Å². The second-order valence-corrected chi connectivity index (χ2v) is 29.6. The number of benzene rings is 18. The Morgan fingerprint density at radius 2 is 0.397 bits per heavy atom. The first-order valence-electron chi connectivity index (χ1n) is 39.1. The molecule has 0 radical (unpaired) electrons. The molecule has 0 spiro atoms. The number of aromatic nitrogens is 4. The van der Waals surface area contributed by atoms with E-state index in [-0.39, 0.29) is 0 Å². The zero-order valence-electron chi connectivity index (χ0n) is 62.8. The summed E-state index contributed by atoms with van der Waals surface area (Å²) in [5, 5.41) is 28.7. The molecule has 18 aromatic carbocycles. The van der Waals surface area contributed by atoms with E-state index >= 15 is 0 Å². The summed E-state index contributed by atoms with van der Waals surface area (Å²) in [5.41, 5.74) is 35.0. The highest BCUT2D eigenvalue weighted by molar-refractivity contribution is 6.29. The van der Waals surface area contributed by atoms with Gasteiger partial charge in [-0.2, -0.15) is 10.5 Å². The van der Waals surface area contributed by atoms with Crippen LogP contribution >= 0.6 is 0 Å². The van der Waals surface area contributed by atoms with Gasteiger partial charge >= 0.3 is 0 Å². The van der Waals surface area contributed by atoms with Gasteiger partial charge in [-0.25, -0.2) is 19.9 Å². The van der Waals surface area contributed by atoms with Gasteiger partial charge in [0.05, 0.1) is 46.0 Å². The van der Waals surface area contributed by atoms with Crippen LogP contribution in [0.3, 0.4) is 0 Å². The lowest BCUT2D eigenvalue weighted by molar-refractivity contribution is 1.18. The van der Waals surface area contributed by atoms with Crippen LogP contribution < -0.4 is 0 Å². The van der Waals surface area contributed by atoms with E-state index in [0.29, 0.717) is 22.8 Å². The van der Waals surface area contributed by atoms with Crippen molar-refractivity contribution in [3.8, 4) is 191 Å². The largest absolute Gasteiger partial charge is 0.228 e. The van der Waals surface area contributed by atoms with Gasteiger partial charge in [0.25, 0.3) is 0 Å². The quantitative estimate of drug-likeness (QED) is 0.113. The van der Waals surface area contributed by atoms with Crippen molar-refractivity contribution in [2.45, 2.75) is 0 Å². The summed E-state index contributed by atoms with van der Waals surface area (Å²) in [6.07, 6.45) is 0. The van der Waals surface area contributed by atoms with Gasteiger partial charge in [-0.1, -0.05) is 364 Å². The van der Waals surface area contributed by atoms with Crippen molar-refractivity contribution in [1.82, 2.24) is 19.9 Å². The summed E-state index contributed by atoms with van der Waals surface area (Å²) in [5.74, 6) is 1.40. The van der Waals surface area contributed by atoms with Crippen molar-refractivity contribution >= 4 is 43.1 Å². The third-order valence-electron chi connectivity index (χ3n) is 23.0. The highest BCUT2D eigenvalue weighted by Crippen LogP contribution is 2.56. The molecular weight excluding hydrogens is 1410 g/mol. The molecule has 22 rings (SSSR count). The molecule has 2 aliphatic carbocycles. The monoisotopic (exact) mass is 1470 g/mol. The fraction of sp³-hybridized carbons (Fsp3) is 0. The summed E-state index contributed by atoms with van der Waals surface area (Å²) >= 11 is 0. The van der Waals surface area contributed by atoms with Gasteiger partial charge in [0.2, 0.25) is 0 Å². The van der Waals surface area contributed by atoms with Crippen LogP contribution in [-0.2, 0) is 0 Å². The molecule has 6 nitrogen and oxygen atoms in total. The Labute approximate surface area is 671 Å². The van der Waals surface area contributed by atoms with E-state index in [2.05, 4.69) is 328 Å². The maximum absolute atomic E-state index is 9.64. The molecule has 0 fully saturated rings. The van der Waals surface area contributed by atoms with Crippen LogP contribution in [0.1, 0.15) is 11.1 Å². The van der Waals surface area contributed by atoms with E-state index < -0.39 is 0 Å². The molecule has 0 atom stereocenters.